The summed E-state index contributed by atoms with van der Waals surface area (Å²) in [6.45, 7) is 3.60. The van der Waals surface area contributed by atoms with E-state index in [1.165, 1.54) is 12.8 Å². The molecule has 0 bridgehead atoms. The SMILES string of the molecule is CCCOc1ccc(CNC2CC2)c(OCC#N)c1. The molecule has 1 aliphatic carbocycles. The maximum atomic E-state index is 8.64. The zero-order valence-electron chi connectivity index (χ0n) is 11.3. The molecule has 1 aromatic rings. The highest BCUT2D eigenvalue weighted by atomic mass is 16.5. The zero-order chi connectivity index (χ0) is 13.5. The summed E-state index contributed by atoms with van der Waals surface area (Å²) in [5, 5.41) is 12.1. The summed E-state index contributed by atoms with van der Waals surface area (Å²) in [5.74, 6) is 1.54. The summed E-state index contributed by atoms with van der Waals surface area (Å²) in [6.07, 6.45) is 3.48. The first kappa shape index (κ1) is 13.7. The van der Waals surface area contributed by atoms with Crippen LogP contribution in [-0.2, 0) is 6.54 Å². The van der Waals surface area contributed by atoms with Crippen molar-refractivity contribution < 1.29 is 9.47 Å². The first-order valence-corrected chi connectivity index (χ1v) is 6.82. The van der Waals surface area contributed by atoms with E-state index in [2.05, 4.69) is 12.2 Å². The molecule has 0 unspecified atom stereocenters. The van der Waals surface area contributed by atoms with Crippen LogP contribution in [0.5, 0.6) is 11.5 Å². The lowest BCUT2D eigenvalue weighted by atomic mass is 10.2. The van der Waals surface area contributed by atoms with Crippen LogP contribution in [0.25, 0.3) is 0 Å². The van der Waals surface area contributed by atoms with Crippen molar-refractivity contribution in [3.8, 4) is 17.6 Å². The lowest BCUT2D eigenvalue weighted by Gasteiger charge is -2.12. The molecule has 1 saturated carbocycles. The quantitative estimate of drug-likeness (QED) is 0.780. The molecule has 19 heavy (non-hydrogen) atoms. The second kappa shape index (κ2) is 7.01. The van der Waals surface area contributed by atoms with Crippen LogP contribution in [0.3, 0.4) is 0 Å². The summed E-state index contributed by atoms with van der Waals surface area (Å²) < 4.78 is 11.1. The van der Waals surface area contributed by atoms with E-state index in [-0.39, 0.29) is 6.61 Å². The normalized spacial score (nSPS) is 13.9. The molecule has 0 spiro atoms. The van der Waals surface area contributed by atoms with Gasteiger partial charge in [-0.05, 0) is 25.3 Å². The van der Waals surface area contributed by atoms with Gasteiger partial charge in [0.1, 0.15) is 17.6 Å². The van der Waals surface area contributed by atoms with Crippen molar-refractivity contribution in [2.75, 3.05) is 13.2 Å². The highest BCUT2D eigenvalue weighted by molar-refractivity contribution is 5.41. The van der Waals surface area contributed by atoms with Gasteiger partial charge in [0.05, 0.1) is 6.61 Å². The van der Waals surface area contributed by atoms with E-state index in [4.69, 9.17) is 14.7 Å². The first-order valence-electron chi connectivity index (χ1n) is 6.82. The Balaban J connectivity index is 2.03. The van der Waals surface area contributed by atoms with Crippen LogP contribution in [0.4, 0.5) is 0 Å². The molecule has 4 heteroatoms. The smallest absolute Gasteiger partial charge is 0.174 e. The van der Waals surface area contributed by atoms with E-state index in [0.29, 0.717) is 12.6 Å². The van der Waals surface area contributed by atoms with Gasteiger partial charge in [0.15, 0.2) is 6.61 Å². The average Bonchev–Trinajstić information content (AvgIpc) is 3.25. The van der Waals surface area contributed by atoms with Crippen LogP contribution >= 0.6 is 0 Å². The molecule has 1 fully saturated rings. The number of nitriles is 1. The molecule has 0 aliphatic heterocycles. The highest BCUT2D eigenvalue weighted by Crippen LogP contribution is 2.27. The Kier molecular flexibility index (Phi) is 5.05. The first-order chi connectivity index (χ1) is 9.33. The van der Waals surface area contributed by atoms with Gasteiger partial charge in [0, 0.05) is 24.2 Å². The molecule has 1 aromatic carbocycles. The number of rotatable bonds is 8. The van der Waals surface area contributed by atoms with Crippen molar-refractivity contribution in [2.24, 2.45) is 0 Å². The van der Waals surface area contributed by atoms with Gasteiger partial charge in [-0.1, -0.05) is 13.0 Å². The Morgan fingerprint density at radius 2 is 2.21 bits per heavy atom. The maximum absolute atomic E-state index is 8.64. The zero-order valence-corrected chi connectivity index (χ0v) is 11.3. The predicted octanol–water partition coefficient (Wildman–Crippen LogP) is 2.63. The molecule has 0 amide bonds. The minimum Gasteiger partial charge on any atom is -0.493 e. The minimum absolute atomic E-state index is 0.0632. The van der Waals surface area contributed by atoms with E-state index < -0.39 is 0 Å². The average molecular weight is 260 g/mol. The van der Waals surface area contributed by atoms with Crippen molar-refractivity contribution in [2.45, 2.75) is 38.8 Å². The molecule has 2 rings (SSSR count). The number of nitrogens with zero attached hydrogens (tertiary/aromatic N) is 1. The molecule has 0 saturated heterocycles. The molecule has 4 nitrogen and oxygen atoms in total. The molecule has 0 radical (unpaired) electrons. The van der Waals surface area contributed by atoms with Crippen molar-refractivity contribution in [1.29, 1.82) is 5.26 Å². The van der Waals surface area contributed by atoms with E-state index >= 15 is 0 Å². The van der Waals surface area contributed by atoms with Gasteiger partial charge in [-0.2, -0.15) is 5.26 Å². The fourth-order valence-corrected chi connectivity index (χ4v) is 1.78. The Morgan fingerprint density at radius 3 is 2.89 bits per heavy atom. The van der Waals surface area contributed by atoms with Crippen LogP contribution in [0.1, 0.15) is 31.7 Å². The largest absolute Gasteiger partial charge is 0.493 e. The number of nitrogens with one attached hydrogen (secondary N) is 1. The van der Waals surface area contributed by atoms with Gasteiger partial charge >= 0.3 is 0 Å². The summed E-state index contributed by atoms with van der Waals surface area (Å²) in [5.41, 5.74) is 1.07. The van der Waals surface area contributed by atoms with Crippen molar-refractivity contribution in [1.82, 2.24) is 5.32 Å². The fraction of sp³-hybridized carbons (Fsp3) is 0.533. The Morgan fingerprint density at radius 1 is 1.37 bits per heavy atom. The van der Waals surface area contributed by atoms with Crippen LogP contribution in [0.2, 0.25) is 0 Å². The van der Waals surface area contributed by atoms with Crippen molar-refractivity contribution in [3.63, 3.8) is 0 Å². The van der Waals surface area contributed by atoms with Gasteiger partial charge in [0.2, 0.25) is 0 Å². The minimum atomic E-state index is 0.0632. The van der Waals surface area contributed by atoms with Gasteiger partial charge < -0.3 is 14.8 Å². The molecule has 102 valence electrons. The number of hydrogen-bond acceptors (Lipinski definition) is 4. The third-order valence-electron chi connectivity index (χ3n) is 2.96. The molecule has 0 heterocycles. The van der Waals surface area contributed by atoms with Crippen LogP contribution in [-0.4, -0.2) is 19.3 Å². The lowest BCUT2D eigenvalue weighted by Crippen LogP contribution is -2.16. The van der Waals surface area contributed by atoms with E-state index in [1.54, 1.807) is 0 Å². The second-order valence-electron chi connectivity index (χ2n) is 4.72. The third kappa shape index (κ3) is 4.46. The molecule has 1 N–H and O–H groups in total. The van der Waals surface area contributed by atoms with Crippen LogP contribution < -0.4 is 14.8 Å². The summed E-state index contributed by atoms with van der Waals surface area (Å²) >= 11 is 0. The summed E-state index contributed by atoms with van der Waals surface area (Å²) in [4.78, 5) is 0. The van der Waals surface area contributed by atoms with E-state index in [0.717, 1.165) is 30.0 Å². The van der Waals surface area contributed by atoms with E-state index in [9.17, 15) is 0 Å². The van der Waals surface area contributed by atoms with Gasteiger partial charge in [-0.15, -0.1) is 0 Å². The lowest BCUT2D eigenvalue weighted by molar-refractivity contribution is 0.311. The fourth-order valence-electron chi connectivity index (χ4n) is 1.78. The third-order valence-corrected chi connectivity index (χ3v) is 2.96. The molecule has 0 aromatic heterocycles. The van der Waals surface area contributed by atoms with Gasteiger partial charge in [0.25, 0.3) is 0 Å². The van der Waals surface area contributed by atoms with Gasteiger partial charge in [-0.25, -0.2) is 0 Å². The van der Waals surface area contributed by atoms with E-state index in [1.807, 2.05) is 24.3 Å². The number of benzene rings is 1. The standard InChI is InChI=1S/C15H20N2O2/c1-2-8-18-14-6-3-12(11-17-13-4-5-13)15(10-14)19-9-7-16/h3,6,10,13,17H,2,4-5,8-9,11H2,1H3. The molecule has 1 aliphatic rings. The number of hydrogen-bond donors (Lipinski definition) is 1. The summed E-state index contributed by atoms with van der Waals surface area (Å²) in [6, 6.07) is 8.49. The monoisotopic (exact) mass is 260 g/mol. The topological polar surface area (TPSA) is 54.3 Å². The van der Waals surface area contributed by atoms with Crippen molar-refractivity contribution >= 4 is 0 Å². The Labute approximate surface area is 114 Å². The molecular formula is C15H20N2O2. The van der Waals surface area contributed by atoms with Crippen molar-refractivity contribution in [3.05, 3.63) is 23.8 Å². The molecule has 0 atom stereocenters. The van der Waals surface area contributed by atoms with Crippen LogP contribution in [0, 0.1) is 11.3 Å². The maximum Gasteiger partial charge on any atom is 0.174 e. The van der Waals surface area contributed by atoms with Crippen LogP contribution in [0.15, 0.2) is 18.2 Å². The predicted molar refractivity (Wildman–Crippen MR) is 73.2 cm³/mol. The number of ether oxygens (including phenoxy) is 2. The highest BCUT2D eigenvalue weighted by Gasteiger charge is 2.20. The molecular weight excluding hydrogens is 240 g/mol. The Hall–Kier alpha value is -1.73. The summed E-state index contributed by atoms with van der Waals surface area (Å²) in [7, 11) is 0. The second-order valence-corrected chi connectivity index (χ2v) is 4.72. The Bertz CT molecular complexity index is 450. The van der Waals surface area contributed by atoms with Gasteiger partial charge in [-0.3, -0.25) is 0 Å².